The number of nitrogens with zero attached hydrogens (tertiary/aromatic N) is 2. The van der Waals surface area contributed by atoms with E-state index in [-0.39, 0.29) is 5.91 Å². The molecule has 0 saturated heterocycles. The quantitative estimate of drug-likeness (QED) is 0.876. The van der Waals surface area contributed by atoms with Crippen LogP contribution in [0.2, 0.25) is 0 Å². The molecule has 0 bridgehead atoms. The summed E-state index contributed by atoms with van der Waals surface area (Å²) in [6.07, 6.45) is 2.81. The molecular formula is C15H12N3O2S. The molecule has 4 rings (SSSR count). The van der Waals surface area contributed by atoms with Crippen molar-refractivity contribution in [2.75, 3.05) is 29.1 Å². The van der Waals surface area contributed by atoms with Crippen molar-refractivity contribution in [3.8, 4) is 5.75 Å². The number of rotatable bonds is 1. The predicted octanol–water partition coefficient (Wildman–Crippen LogP) is 2.46. The van der Waals surface area contributed by atoms with Gasteiger partial charge in [0, 0.05) is 6.54 Å². The van der Waals surface area contributed by atoms with Crippen LogP contribution in [0.3, 0.4) is 0 Å². The first-order chi connectivity index (χ1) is 10.3. The van der Waals surface area contributed by atoms with E-state index in [0.717, 1.165) is 28.6 Å². The summed E-state index contributed by atoms with van der Waals surface area (Å²) >= 11 is 1.51. The van der Waals surface area contributed by atoms with E-state index >= 15 is 0 Å². The first kappa shape index (κ1) is 12.5. The summed E-state index contributed by atoms with van der Waals surface area (Å²) in [5.74, 6) is 1.91. The van der Waals surface area contributed by atoms with Crippen LogP contribution < -0.4 is 15.0 Å². The molecule has 0 atom stereocenters. The third-order valence-corrected chi connectivity index (χ3v) is 4.43. The van der Waals surface area contributed by atoms with E-state index in [1.165, 1.54) is 11.8 Å². The largest absolute Gasteiger partial charge is 0.490 e. The highest BCUT2D eigenvalue weighted by atomic mass is 32.2. The van der Waals surface area contributed by atoms with Crippen molar-refractivity contribution in [3.05, 3.63) is 36.5 Å². The highest BCUT2D eigenvalue weighted by Gasteiger charge is 2.28. The lowest BCUT2D eigenvalue weighted by atomic mass is 10.2. The van der Waals surface area contributed by atoms with Crippen LogP contribution in [0.15, 0.2) is 35.2 Å². The van der Waals surface area contributed by atoms with Gasteiger partial charge in [0.15, 0.2) is 5.82 Å². The number of nitrogens with one attached hydrogen (secondary N) is 1. The van der Waals surface area contributed by atoms with E-state index in [4.69, 9.17) is 4.74 Å². The van der Waals surface area contributed by atoms with E-state index in [1.54, 1.807) is 11.0 Å². The number of anilines is 3. The number of carbonyl (C=O) groups excluding carboxylic acids is 1. The van der Waals surface area contributed by atoms with E-state index < -0.39 is 0 Å². The monoisotopic (exact) mass is 298 g/mol. The second kappa shape index (κ2) is 4.96. The maximum atomic E-state index is 12.3. The molecule has 6 heteroatoms. The Bertz CT molecular complexity index is 720. The Kier molecular flexibility index (Phi) is 2.96. The number of pyridine rings is 1. The van der Waals surface area contributed by atoms with Gasteiger partial charge in [0.1, 0.15) is 12.4 Å². The number of thioether (sulfide) groups is 1. The fourth-order valence-corrected chi connectivity index (χ4v) is 3.31. The number of amides is 1. The van der Waals surface area contributed by atoms with Gasteiger partial charge < -0.3 is 10.1 Å². The Morgan fingerprint density at radius 1 is 1.38 bits per heavy atom. The molecule has 2 aromatic rings. The molecule has 1 amide bonds. The molecule has 0 unspecified atom stereocenters. The SMILES string of the molecule is O=C1CSc2cc[c]nc2N1c1ccc2c(c1)NCCO2. The summed E-state index contributed by atoms with van der Waals surface area (Å²) in [6.45, 7) is 1.42. The molecule has 1 radical (unpaired) electrons. The molecule has 2 aliphatic rings. The minimum Gasteiger partial charge on any atom is -0.490 e. The van der Waals surface area contributed by atoms with Gasteiger partial charge in [-0.05, 0) is 30.3 Å². The van der Waals surface area contributed by atoms with Gasteiger partial charge >= 0.3 is 0 Å². The Morgan fingerprint density at radius 3 is 3.29 bits per heavy atom. The lowest BCUT2D eigenvalue weighted by Gasteiger charge is -2.29. The van der Waals surface area contributed by atoms with Gasteiger partial charge in [-0.15, -0.1) is 11.8 Å². The second-order valence-electron chi connectivity index (χ2n) is 4.74. The van der Waals surface area contributed by atoms with Gasteiger partial charge in [0.2, 0.25) is 5.91 Å². The van der Waals surface area contributed by atoms with E-state index in [9.17, 15) is 4.79 Å². The number of ether oxygens (including phenoxy) is 1. The molecule has 105 valence electrons. The maximum absolute atomic E-state index is 12.3. The maximum Gasteiger partial charge on any atom is 0.243 e. The summed E-state index contributed by atoms with van der Waals surface area (Å²) in [6, 6.07) is 9.41. The fraction of sp³-hybridized carbons (Fsp3) is 0.200. The summed E-state index contributed by atoms with van der Waals surface area (Å²) in [7, 11) is 0. The Hall–Kier alpha value is -2.21. The van der Waals surface area contributed by atoms with Crippen molar-refractivity contribution in [3.63, 3.8) is 0 Å². The van der Waals surface area contributed by atoms with Crippen LogP contribution in [0.1, 0.15) is 0 Å². The standard InChI is InChI=1S/C15H12N3O2S/c19-14-9-21-13-2-1-5-17-15(13)18(14)10-3-4-12-11(8-10)16-6-7-20-12/h1-4,8,16H,6-7,9H2. The van der Waals surface area contributed by atoms with Crippen LogP contribution in [0.25, 0.3) is 0 Å². The zero-order valence-electron chi connectivity index (χ0n) is 11.1. The minimum absolute atomic E-state index is 0.0243. The molecule has 5 nitrogen and oxygen atoms in total. The average Bonchev–Trinajstić information content (AvgIpc) is 2.54. The molecule has 2 aliphatic heterocycles. The van der Waals surface area contributed by atoms with E-state index in [1.807, 2.05) is 24.3 Å². The second-order valence-corrected chi connectivity index (χ2v) is 5.75. The minimum atomic E-state index is 0.0243. The number of hydrogen-bond acceptors (Lipinski definition) is 5. The van der Waals surface area contributed by atoms with Crippen LogP contribution in [-0.4, -0.2) is 29.8 Å². The number of fused-ring (bicyclic) bond motifs is 2. The molecule has 1 aromatic carbocycles. The number of aromatic nitrogens is 1. The van der Waals surface area contributed by atoms with Gasteiger partial charge in [0.05, 0.1) is 28.2 Å². The van der Waals surface area contributed by atoms with Crippen LogP contribution in [-0.2, 0) is 4.79 Å². The normalized spacial score (nSPS) is 16.6. The van der Waals surface area contributed by atoms with Crippen molar-refractivity contribution in [1.29, 1.82) is 0 Å². The Morgan fingerprint density at radius 2 is 2.33 bits per heavy atom. The third-order valence-electron chi connectivity index (χ3n) is 3.41. The smallest absolute Gasteiger partial charge is 0.243 e. The van der Waals surface area contributed by atoms with Crippen molar-refractivity contribution >= 4 is 34.9 Å². The third kappa shape index (κ3) is 2.12. The summed E-state index contributed by atoms with van der Waals surface area (Å²) < 4.78 is 5.57. The molecule has 0 aliphatic carbocycles. The van der Waals surface area contributed by atoms with Crippen LogP contribution >= 0.6 is 11.8 Å². The lowest BCUT2D eigenvalue weighted by molar-refractivity contribution is -0.115. The molecule has 1 N–H and O–H groups in total. The molecule has 3 heterocycles. The van der Waals surface area contributed by atoms with Gasteiger partial charge in [-0.1, -0.05) is 0 Å². The number of hydrogen-bond donors (Lipinski definition) is 1. The van der Waals surface area contributed by atoms with Crippen molar-refractivity contribution < 1.29 is 9.53 Å². The zero-order valence-corrected chi connectivity index (χ0v) is 11.9. The predicted molar refractivity (Wildman–Crippen MR) is 81.4 cm³/mol. The van der Waals surface area contributed by atoms with E-state index in [0.29, 0.717) is 18.2 Å². The average molecular weight is 298 g/mol. The van der Waals surface area contributed by atoms with Crippen molar-refractivity contribution in [2.45, 2.75) is 4.90 Å². The summed E-state index contributed by atoms with van der Waals surface area (Å²) in [5, 5.41) is 3.28. The lowest BCUT2D eigenvalue weighted by Crippen LogP contribution is -2.32. The van der Waals surface area contributed by atoms with Gasteiger partial charge in [-0.2, -0.15) is 0 Å². The molecule has 0 spiro atoms. The highest BCUT2D eigenvalue weighted by Crippen LogP contribution is 2.40. The van der Waals surface area contributed by atoms with Gasteiger partial charge in [0.25, 0.3) is 0 Å². The van der Waals surface area contributed by atoms with Crippen molar-refractivity contribution in [1.82, 2.24) is 4.98 Å². The molecule has 0 saturated carbocycles. The highest BCUT2D eigenvalue weighted by molar-refractivity contribution is 8.00. The van der Waals surface area contributed by atoms with Gasteiger partial charge in [-0.25, -0.2) is 4.98 Å². The van der Waals surface area contributed by atoms with Crippen LogP contribution in [0, 0.1) is 6.20 Å². The summed E-state index contributed by atoms with van der Waals surface area (Å²) in [4.78, 5) is 19.2. The number of carbonyl (C=O) groups is 1. The zero-order chi connectivity index (χ0) is 14.2. The first-order valence-corrected chi connectivity index (χ1v) is 7.65. The molecule has 0 fully saturated rings. The first-order valence-electron chi connectivity index (χ1n) is 6.66. The molecular weight excluding hydrogens is 286 g/mol. The molecule has 1 aromatic heterocycles. The Labute approximate surface area is 126 Å². The topological polar surface area (TPSA) is 54.5 Å². The molecule has 21 heavy (non-hydrogen) atoms. The Balaban J connectivity index is 1.80. The van der Waals surface area contributed by atoms with E-state index in [2.05, 4.69) is 16.5 Å². The van der Waals surface area contributed by atoms with Crippen LogP contribution in [0.5, 0.6) is 5.75 Å². The van der Waals surface area contributed by atoms with Crippen LogP contribution in [0.4, 0.5) is 17.2 Å². The fourth-order valence-electron chi connectivity index (χ4n) is 2.47. The van der Waals surface area contributed by atoms with Crippen molar-refractivity contribution in [2.24, 2.45) is 0 Å². The summed E-state index contributed by atoms with van der Waals surface area (Å²) in [5.41, 5.74) is 1.71. The van der Waals surface area contributed by atoms with Gasteiger partial charge in [-0.3, -0.25) is 9.69 Å². The number of benzene rings is 1.